The molecule has 0 radical (unpaired) electrons. The zero-order valence-corrected chi connectivity index (χ0v) is 9.78. The number of imidazole rings is 1. The van der Waals surface area contributed by atoms with E-state index in [0.717, 1.165) is 5.69 Å². The van der Waals surface area contributed by atoms with E-state index in [1.54, 1.807) is 29.7 Å². The van der Waals surface area contributed by atoms with Crippen molar-refractivity contribution >= 4 is 23.2 Å². The van der Waals surface area contributed by atoms with Crippen LogP contribution >= 0.6 is 11.6 Å². The number of ether oxygens (including phenoxy) is 1. The lowest BCUT2D eigenvalue weighted by Gasteiger charge is -1.99. The standard InChI is InChI=1S/C11H11ClN2O2/c1-3-16-11(15)10-7(2)14-6-8(12)4-5-9(14)13-10/h4-6H,3H2,1-2H3. The molecule has 0 saturated heterocycles. The molecule has 0 amide bonds. The van der Waals surface area contributed by atoms with Crippen LogP contribution in [0.25, 0.3) is 5.65 Å². The molecule has 0 aliphatic rings. The number of carbonyl (C=O) groups excluding carboxylic acids is 1. The number of hydrogen-bond acceptors (Lipinski definition) is 3. The minimum Gasteiger partial charge on any atom is -0.461 e. The molecule has 0 unspecified atom stereocenters. The second kappa shape index (κ2) is 4.14. The monoisotopic (exact) mass is 238 g/mol. The SMILES string of the molecule is CCOC(=O)c1nc2ccc(Cl)cn2c1C. The molecule has 16 heavy (non-hydrogen) atoms. The summed E-state index contributed by atoms with van der Waals surface area (Å²) in [5.74, 6) is -0.403. The number of fused-ring (bicyclic) bond motifs is 1. The first-order chi connectivity index (χ1) is 7.63. The lowest BCUT2D eigenvalue weighted by molar-refractivity contribution is 0.0519. The molecule has 0 aromatic carbocycles. The van der Waals surface area contributed by atoms with E-state index < -0.39 is 5.97 Å². The normalized spacial score (nSPS) is 10.7. The van der Waals surface area contributed by atoms with E-state index in [9.17, 15) is 4.79 Å². The Hall–Kier alpha value is -1.55. The van der Waals surface area contributed by atoms with Crippen LogP contribution in [0.4, 0.5) is 0 Å². The minimum atomic E-state index is -0.403. The van der Waals surface area contributed by atoms with Gasteiger partial charge < -0.3 is 9.14 Å². The summed E-state index contributed by atoms with van der Waals surface area (Å²) >= 11 is 5.88. The maximum Gasteiger partial charge on any atom is 0.358 e. The second-order valence-electron chi connectivity index (χ2n) is 3.34. The van der Waals surface area contributed by atoms with Gasteiger partial charge >= 0.3 is 5.97 Å². The first kappa shape index (κ1) is 11.0. The number of rotatable bonds is 2. The molecule has 2 aromatic heterocycles. The van der Waals surface area contributed by atoms with E-state index in [1.165, 1.54) is 0 Å². The third kappa shape index (κ3) is 1.76. The summed E-state index contributed by atoms with van der Waals surface area (Å²) in [7, 11) is 0. The number of esters is 1. The van der Waals surface area contributed by atoms with Gasteiger partial charge in [0.05, 0.1) is 17.3 Å². The molecule has 0 N–H and O–H groups in total. The van der Waals surface area contributed by atoms with Gasteiger partial charge in [-0.2, -0.15) is 0 Å². The van der Waals surface area contributed by atoms with Crippen molar-refractivity contribution in [3.05, 3.63) is 34.7 Å². The average Bonchev–Trinajstić information content (AvgIpc) is 2.57. The Morgan fingerprint density at radius 1 is 1.56 bits per heavy atom. The second-order valence-corrected chi connectivity index (χ2v) is 3.78. The highest BCUT2D eigenvalue weighted by atomic mass is 35.5. The molecular formula is C11H11ClN2O2. The maximum atomic E-state index is 11.6. The molecule has 4 nitrogen and oxygen atoms in total. The smallest absolute Gasteiger partial charge is 0.358 e. The molecule has 0 atom stereocenters. The van der Waals surface area contributed by atoms with Crippen molar-refractivity contribution in [1.82, 2.24) is 9.38 Å². The molecule has 84 valence electrons. The largest absolute Gasteiger partial charge is 0.461 e. The van der Waals surface area contributed by atoms with Gasteiger partial charge in [0.15, 0.2) is 5.69 Å². The number of hydrogen-bond donors (Lipinski definition) is 0. The van der Waals surface area contributed by atoms with E-state index in [2.05, 4.69) is 4.98 Å². The molecule has 2 rings (SSSR count). The fraction of sp³-hybridized carbons (Fsp3) is 0.273. The Labute approximate surface area is 97.8 Å². The summed E-state index contributed by atoms with van der Waals surface area (Å²) < 4.78 is 6.69. The number of halogens is 1. The van der Waals surface area contributed by atoms with E-state index in [4.69, 9.17) is 16.3 Å². The summed E-state index contributed by atoms with van der Waals surface area (Å²) in [6.07, 6.45) is 1.72. The van der Waals surface area contributed by atoms with Gasteiger partial charge in [-0.3, -0.25) is 0 Å². The zero-order chi connectivity index (χ0) is 11.7. The van der Waals surface area contributed by atoms with E-state index in [0.29, 0.717) is 23.0 Å². The van der Waals surface area contributed by atoms with Crippen molar-refractivity contribution in [2.75, 3.05) is 6.61 Å². The zero-order valence-electron chi connectivity index (χ0n) is 9.03. The van der Waals surface area contributed by atoms with Crippen LogP contribution in [0.15, 0.2) is 18.3 Å². The lowest BCUT2D eigenvalue weighted by atomic mass is 10.3. The van der Waals surface area contributed by atoms with Crippen molar-refractivity contribution in [3.8, 4) is 0 Å². The fourth-order valence-corrected chi connectivity index (χ4v) is 1.69. The maximum absolute atomic E-state index is 11.6. The van der Waals surface area contributed by atoms with Gasteiger partial charge in [0.2, 0.25) is 0 Å². The van der Waals surface area contributed by atoms with Crippen molar-refractivity contribution in [2.24, 2.45) is 0 Å². The van der Waals surface area contributed by atoms with Crippen LogP contribution in [0.5, 0.6) is 0 Å². The molecule has 0 spiro atoms. The predicted octanol–water partition coefficient (Wildman–Crippen LogP) is 2.47. The Balaban J connectivity index is 2.56. The van der Waals surface area contributed by atoms with E-state index >= 15 is 0 Å². The summed E-state index contributed by atoms with van der Waals surface area (Å²) in [6, 6.07) is 3.50. The van der Waals surface area contributed by atoms with E-state index in [1.807, 2.05) is 6.92 Å². The number of pyridine rings is 1. The highest BCUT2D eigenvalue weighted by Gasteiger charge is 2.16. The first-order valence-corrected chi connectivity index (χ1v) is 5.32. The topological polar surface area (TPSA) is 43.6 Å². The van der Waals surface area contributed by atoms with Gasteiger partial charge in [-0.05, 0) is 26.0 Å². The van der Waals surface area contributed by atoms with Crippen LogP contribution in [-0.4, -0.2) is 22.0 Å². The van der Waals surface area contributed by atoms with Gasteiger partial charge in [-0.15, -0.1) is 0 Å². The lowest BCUT2D eigenvalue weighted by Crippen LogP contribution is -2.06. The van der Waals surface area contributed by atoms with Gasteiger partial charge in [0.25, 0.3) is 0 Å². The Bertz CT molecular complexity index is 548. The molecule has 2 aromatic rings. The number of nitrogens with zero attached hydrogens (tertiary/aromatic N) is 2. The highest BCUT2D eigenvalue weighted by molar-refractivity contribution is 6.30. The van der Waals surface area contributed by atoms with Crippen LogP contribution in [0.1, 0.15) is 23.1 Å². The number of aromatic nitrogens is 2. The van der Waals surface area contributed by atoms with Crippen molar-refractivity contribution < 1.29 is 9.53 Å². The number of aryl methyl sites for hydroxylation is 1. The molecule has 0 fully saturated rings. The van der Waals surface area contributed by atoms with Gasteiger partial charge in [0.1, 0.15) is 5.65 Å². The molecule has 0 saturated carbocycles. The molecule has 5 heteroatoms. The van der Waals surface area contributed by atoms with Crippen molar-refractivity contribution in [1.29, 1.82) is 0 Å². The van der Waals surface area contributed by atoms with Crippen molar-refractivity contribution in [2.45, 2.75) is 13.8 Å². The predicted molar refractivity (Wildman–Crippen MR) is 60.9 cm³/mol. The van der Waals surface area contributed by atoms with Crippen LogP contribution in [-0.2, 0) is 4.74 Å². The molecular weight excluding hydrogens is 228 g/mol. The van der Waals surface area contributed by atoms with Crippen LogP contribution < -0.4 is 0 Å². The molecule has 0 aliphatic carbocycles. The minimum absolute atomic E-state index is 0.337. The Morgan fingerprint density at radius 2 is 2.31 bits per heavy atom. The van der Waals surface area contributed by atoms with Crippen LogP contribution in [0, 0.1) is 6.92 Å². The Morgan fingerprint density at radius 3 is 3.00 bits per heavy atom. The fourth-order valence-electron chi connectivity index (χ4n) is 1.53. The third-order valence-corrected chi connectivity index (χ3v) is 2.51. The summed E-state index contributed by atoms with van der Waals surface area (Å²) in [5.41, 5.74) is 1.75. The third-order valence-electron chi connectivity index (χ3n) is 2.29. The molecule has 0 bridgehead atoms. The number of carbonyl (C=O) groups is 1. The first-order valence-electron chi connectivity index (χ1n) is 4.94. The summed E-state index contributed by atoms with van der Waals surface area (Å²) in [5, 5.41) is 0.600. The average molecular weight is 239 g/mol. The quantitative estimate of drug-likeness (QED) is 0.755. The van der Waals surface area contributed by atoms with Crippen LogP contribution in [0.2, 0.25) is 5.02 Å². The van der Waals surface area contributed by atoms with E-state index in [-0.39, 0.29) is 0 Å². The van der Waals surface area contributed by atoms with Gasteiger partial charge in [-0.25, -0.2) is 9.78 Å². The highest BCUT2D eigenvalue weighted by Crippen LogP contribution is 2.16. The van der Waals surface area contributed by atoms with Crippen LogP contribution in [0.3, 0.4) is 0 Å². The molecule has 2 heterocycles. The van der Waals surface area contributed by atoms with Gasteiger partial charge in [0, 0.05) is 6.20 Å². The van der Waals surface area contributed by atoms with Crippen molar-refractivity contribution in [3.63, 3.8) is 0 Å². The Kier molecular flexibility index (Phi) is 2.83. The van der Waals surface area contributed by atoms with Gasteiger partial charge in [-0.1, -0.05) is 11.6 Å². The summed E-state index contributed by atoms with van der Waals surface area (Å²) in [6.45, 7) is 3.91. The molecule has 0 aliphatic heterocycles. The summed E-state index contributed by atoms with van der Waals surface area (Å²) in [4.78, 5) is 15.8.